The first-order chi connectivity index (χ1) is 11.6. The fourth-order valence-electron chi connectivity index (χ4n) is 2.94. The Labute approximate surface area is 145 Å². The van der Waals surface area contributed by atoms with Gasteiger partial charge in [-0.1, -0.05) is 11.6 Å². The molecule has 3 aromatic rings. The average Bonchev–Trinajstić information content (AvgIpc) is 2.92. The van der Waals surface area contributed by atoms with Gasteiger partial charge in [0.15, 0.2) is 11.5 Å². The lowest BCUT2D eigenvalue weighted by Gasteiger charge is -2.19. The molecule has 0 saturated heterocycles. The van der Waals surface area contributed by atoms with Crippen LogP contribution in [0.3, 0.4) is 0 Å². The molecule has 1 aliphatic rings. The van der Waals surface area contributed by atoms with Crippen LogP contribution in [-0.4, -0.2) is 41.6 Å². The summed E-state index contributed by atoms with van der Waals surface area (Å²) in [6, 6.07) is 9.76. The van der Waals surface area contributed by atoms with Crippen LogP contribution in [0.5, 0.6) is 11.5 Å². The van der Waals surface area contributed by atoms with Crippen LogP contribution >= 0.6 is 11.6 Å². The third-order valence-corrected chi connectivity index (χ3v) is 4.19. The number of halogens is 1. The second-order valence-electron chi connectivity index (χ2n) is 6.08. The van der Waals surface area contributed by atoms with Crippen molar-refractivity contribution in [3.63, 3.8) is 0 Å². The highest BCUT2D eigenvalue weighted by atomic mass is 35.5. The van der Waals surface area contributed by atoms with E-state index in [-0.39, 0.29) is 0 Å². The topological polar surface area (TPSA) is 39.0 Å². The van der Waals surface area contributed by atoms with Crippen molar-refractivity contribution in [1.82, 2.24) is 14.3 Å². The molecule has 0 unspecified atom stereocenters. The molecule has 0 bridgehead atoms. The van der Waals surface area contributed by atoms with Gasteiger partial charge < -0.3 is 18.8 Å². The Balaban J connectivity index is 1.89. The van der Waals surface area contributed by atoms with Crippen molar-refractivity contribution in [1.29, 1.82) is 0 Å². The molecule has 0 radical (unpaired) electrons. The van der Waals surface area contributed by atoms with E-state index < -0.39 is 0 Å². The van der Waals surface area contributed by atoms with Crippen LogP contribution in [0.25, 0.3) is 16.9 Å². The fourth-order valence-corrected chi connectivity index (χ4v) is 3.10. The Morgan fingerprint density at radius 1 is 1.12 bits per heavy atom. The lowest BCUT2D eigenvalue weighted by molar-refractivity contribution is 0.171. The first-order valence-corrected chi connectivity index (χ1v) is 8.21. The third-order valence-electron chi connectivity index (χ3n) is 3.96. The van der Waals surface area contributed by atoms with E-state index >= 15 is 0 Å². The predicted octanol–water partition coefficient (Wildman–Crippen LogP) is 3.49. The van der Waals surface area contributed by atoms with Gasteiger partial charge in [-0.15, -0.1) is 0 Å². The van der Waals surface area contributed by atoms with Crippen LogP contribution in [0, 0.1) is 0 Å². The largest absolute Gasteiger partial charge is 0.486 e. The maximum absolute atomic E-state index is 6.18. The second-order valence-corrected chi connectivity index (χ2v) is 6.52. The van der Waals surface area contributed by atoms with Crippen molar-refractivity contribution >= 4 is 17.2 Å². The highest BCUT2D eigenvalue weighted by Crippen LogP contribution is 2.36. The van der Waals surface area contributed by atoms with Crippen molar-refractivity contribution in [3.05, 3.63) is 47.2 Å². The predicted molar refractivity (Wildman–Crippen MR) is 94.0 cm³/mol. The van der Waals surface area contributed by atoms with Gasteiger partial charge in [0.1, 0.15) is 18.9 Å². The molecule has 4 rings (SSSR count). The number of hydrogen-bond donors (Lipinski definition) is 0. The number of imidazole rings is 1. The Morgan fingerprint density at radius 2 is 1.92 bits per heavy atom. The van der Waals surface area contributed by atoms with Crippen LogP contribution in [0.2, 0.25) is 5.02 Å². The summed E-state index contributed by atoms with van der Waals surface area (Å²) in [7, 11) is 4.08. The minimum Gasteiger partial charge on any atom is -0.486 e. The summed E-state index contributed by atoms with van der Waals surface area (Å²) < 4.78 is 13.4. The maximum Gasteiger partial charge on any atom is 0.162 e. The summed E-state index contributed by atoms with van der Waals surface area (Å²) in [5, 5.41) is 0.689. The molecule has 0 N–H and O–H groups in total. The van der Waals surface area contributed by atoms with Crippen molar-refractivity contribution in [2.24, 2.45) is 0 Å². The molecule has 3 heterocycles. The average molecular weight is 344 g/mol. The summed E-state index contributed by atoms with van der Waals surface area (Å²) in [6.07, 6.45) is 1.91. The van der Waals surface area contributed by atoms with E-state index in [0.29, 0.717) is 18.2 Å². The molecule has 0 aliphatic carbocycles. The van der Waals surface area contributed by atoms with Crippen LogP contribution in [0.4, 0.5) is 0 Å². The van der Waals surface area contributed by atoms with Gasteiger partial charge in [0.25, 0.3) is 0 Å². The molecule has 1 aliphatic heterocycles. The minimum atomic E-state index is 0.571. The molecular formula is C18H18ClN3O2. The SMILES string of the molecule is CN(C)Cc1c(-c2ccc3c(c2)OCCO3)nc2ccc(Cl)cn12. The summed E-state index contributed by atoms with van der Waals surface area (Å²) in [6.45, 7) is 1.91. The van der Waals surface area contributed by atoms with Crippen molar-refractivity contribution in [2.45, 2.75) is 6.54 Å². The molecule has 5 nitrogen and oxygen atoms in total. The monoisotopic (exact) mass is 343 g/mol. The summed E-state index contributed by atoms with van der Waals surface area (Å²) in [5.74, 6) is 1.55. The van der Waals surface area contributed by atoms with Gasteiger partial charge in [-0.3, -0.25) is 0 Å². The molecule has 0 spiro atoms. The zero-order chi connectivity index (χ0) is 16.7. The number of ether oxygens (including phenoxy) is 2. The Bertz CT molecular complexity index is 905. The molecule has 24 heavy (non-hydrogen) atoms. The van der Waals surface area contributed by atoms with Crippen molar-refractivity contribution in [3.8, 4) is 22.8 Å². The van der Waals surface area contributed by atoms with Gasteiger partial charge in [-0.05, 0) is 44.4 Å². The van der Waals surface area contributed by atoms with E-state index in [4.69, 9.17) is 26.1 Å². The van der Waals surface area contributed by atoms with E-state index in [0.717, 1.165) is 40.6 Å². The normalized spacial score (nSPS) is 13.7. The maximum atomic E-state index is 6.18. The summed E-state index contributed by atoms with van der Waals surface area (Å²) >= 11 is 6.18. The fraction of sp³-hybridized carbons (Fsp3) is 0.278. The Morgan fingerprint density at radius 3 is 2.71 bits per heavy atom. The molecule has 0 atom stereocenters. The molecule has 124 valence electrons. The standard InChI is InChI=1S/C18H18ClN3O2/c1-21(2)11-14-18(20-17-6-4-13(19)10-22(14)17)12-3-5-15-16(9-12)24-8-7-23-15/h3-6,9-10H,7-8,11H2,1-2H3. The van der Waals surface area contributed by atoms with E-state index in [9.17, 15) is 0 Å². The molecule has 1 aromatic carbocycles. The second kappa shape index (κ2) is 6.00. The molecule has 0 fully saturated rings. The smallest absolute Gasteiger partial charge is 0.162 e. The number of rotatable bonds is 3. The van der Waals surface area contributed by atoms with E-state index in [1.54, 1.807) is 0 Å². The quantitative estimate of drug-likeness (QED) is 0.729. The number of fused-ring (bicyclic) bond motifs is 2. The molecular weight excluding hydrogens is 326 g/mol. The Hall–Kier alpha value is -2.24. The van der Waals surface area contributed by atoms with Gasteiger partial charge >= 0.3 is 0 Å². The van der Waals surface area contributed by atoms with E-state index in [1.807, 2.05) is 50.6 Å². The van der Waals surface area contributed by atoms with Gasteiger partial charge in [-0.2, -0.15) is 0 Å². The number of nitrogens with zero attached hydrogens (tertiary/aromatic N) is 3. The van der Waals surface area contributed by atoms with Crippen LogP contribution in [-0.2, 0) is 6.54 Å². The van der Waals surface area contributed by atoms with E-state index in [2.05, 4.69) is 9.30 Å². The van der Waals surface area contributed by atoms with Crippen LogP contribution in [0.1, 0.15) is 5.69 Å². The minimum absolute atomic E-state index is 0.571. The first-order valence-electron chi connectivity index (χ1n) is 7.83. The number of hydrogen-bond acceptors (Lipinski definition) is 4. The first kappa shape index (κ1) is 15.3. The van der Waals surface area contributed by atoms with Gasteiger partial charge in [-0.25, -0.2) is 4.98 Å². The molecule has 2 aromatic heterocycles. The zero-order valence-corrected chi connectivity index (χ0v) is 14.4. The summed E-state index contributed by atoms with van der Waals surface area (Å²) in [4.78, 5) is 6.92. The molecule has 0 saturated carbocycles. The van der Waals surface area contributed by atoms with Crippen molar-refractivity contribution < 1.29 is 9.47 Å². The lowest BCUT2D eigenvalue weighted by atomic mass is 10.1. The van der Waals surface area contributed by atoms with E-state index in [1.165, 1.54) is 0 Å². The van der Waals surface area contributed by atoms with Crippen molar-refractivity contribution in [2.75, 3.05) is 27.3 Å². The van der Waals surface area contributed by atoms with Gasteiger partial charge in [0, 0.05) is 18.3 Å². The lowest BCUT2D eigenvalue weighted by Crippen LogP contribution is -2.15. The van der Waals surface area contributed by atoms with Gasteiger partial charge in [0.2, 0.25) is 0 Å². The summed E-state index contributed by atoms with van der Waals surface area (Å²) in [5.41, 5.74) is 3.91. The third kappa shape index (κ3) is 2.70. The number of aromatic nitrogens is 2. The van der Waals surface area contributed by atoms with Crippen LogP contribution < -0.4 is 9.47 Å². The highest BCUT2D eigenvalue weighted by molar-refractivity contribution is 6.30. The molecule has 0 amide bonds. The van der Waals surface area contributed by atoms with Crippen LogP contribution in [0.15, 0.2) is 36.5 Å². The highest BCUT2D eigenvalue weighted by Gasteiger charge is 2.18. The number of benzene rings is 1. The zero-order valence-electron chi connectivity index (χ0n) is 13.6. The molecule has 6 heteroatoms. The Kier molecular flexibility index (Phi) is 3.82. The van der Waals surface area contributed by atoms with Gasteiger partial charge in [0.05, 0.1) is 16.4 Å². The number of pyridine rings is 1.